The maximum Gasteiger partial charge on any atom is 0.268 e. The van der Waals surface area contributed by atoms with Crippen LogP contribution >= 0.6 is 11.8 Å². The van der Waals surface area contributed by atoms with Crippen molar-refractivity contribution in [3.05, 3.63) is 77.7 Å². The molecule has 1 heterocycles. The van der Waals surface area contributed by atoms with Crippen molar-refractivity contribution >= 4 is 38.4 Å². The summed E-state index contributed by atoms with van der Waals surface area (Å²) in [6.07, 6.45) is 2.78. The smallest absolute Gasteiger partial charge is 0.268 e. The second-order valence-electron chi connectivity index (χ2n) is 6.97. The van der Waals surface area contributed by atoms with Crippen molar-refractivity contribution in [2.45, 2.75) is 16.7 Å². The van der Waals surface area contributed by atoms with Crippen molar-refractivity contribution in [1.82, 2.24) is 3.97 Å². The van der Waals surface area contributed by atoms with Crippen LogP contribution in [0.25, 0.3) is 10.9 Å². The van der Waals surface area contributed by atoms with E-state index in [1.54, 1.807) is 25.3 Å². The third-order valence-electron chi connectivity index (χ3n) is 4.87. The second kappa shape index (κ2) is 8.10. The molecule has 0 aliphatic heterocycles. The van der Waals surface area contributed by atoms with Crippen molar-refractivity contribution in [3.63, 3.8) is 0 Å². The third kappa shape index (κ3) is 3.59. The molecule has 4 rings (SSSR count). The fraction of sp³-hybridized carbons (Fsp3) is 0.0909. The third-order valence-corrected chi connectivity index (χ3v) is 7.38. The summed E-state index contributed by atoms with van der Waals surface area (Å²) < 4.78 is 76.2. The number of hydrogen-bond acceptors (Lipinski definition) is 5. The molecule has 0 amide bonds. The Morgan fingerprint density at radius 3 is 2.31 bits per heavy atom. The van der Waals surface area contributed by atoms with Gasteiger partial charge in [-0.25, -0.2) is 21.2 Å². The lowest BCUT2D eigenvalue weighted by Gasteiger charge is -2.15. The number of fused-ring (bicyclic) bond motifs is 1. The number of benzene rings is 3. The number of nitrogens with zero attached hydrogens (tertiary/aromatic N) is 1. The predicted molar refractivity (Wildman–Crippen MR) is 118 cm³/mol. The monoisotopic (exact) mass is 478 g/mol. The molecule has 0 aliphatic rings. The number of hydrogen-bond donors (Lipinski definition) is 1. The molecular weight excluding hydrogens is 461 g/mol. The van der Waals surface area contributed by atoms with Gasteiger partial charge in [-0.1, -0.05) is 17.7 Å². The highest BCUT2D eigenvalue weighted by molar-refractivity contribution is 7.99. The molecule has 0 bridgehead atoms. The van der Waals surface area contributed by atoms with E-state index in [1.807, 2.05) is 0 Å². The van der Waals surface area contributed by atoms with Crippen molar-refractivity contribution in [2.75, 3.05) is 12.0 Å². The molecular formula is C22H17F3N2O3S2. The molecule has 0 aliphatic carbocycles. The van der Waals surface area contributed by atoms with Crippen molar-refractivity contribution in [3.8, 4) is 11.5 Å². The molecule has 4 aromatic rings. The van der Waals surface area contributed by atoms with Crippen LogP contribution in [0.15, 0.2) is 64.5 Å². The Hall–Kier alpha value is -3.11. The van der Waals surface area contributed by atoms with Gasteiger partial charge in [0.05, 0.1) is 15.5 Å². The Labute approximate surface area is 186 Å². The van der Waals surface area contributed by atoms with Crippen LogP contribution in [0.2, 0.25) is 0 Å². The largest absolute Gasteiger partial charge is 0.453 e. The number of nitrogen functional groups attached to an aromatic ring is 1. The van der Waals surface area contributed by atoms with Gasteiger partial charge in [0.15, 0.2) is 11.6 Å². The van der Waals surface area contributed by atoms with E-state index in [4.69, 9.17) is 10.5 Å². The lowest BCUT2D eigenvalue weighted by atomic mass is 10.2. The number of aromatic nitrogens is 1. The van der Waals surface area contributed by atoms with Gasteiger partial charge in [0.1, 0.15) is 17.1 Å². The molecule has 0 saturated heterocycles. The average Bonchev–Trinajstić information content (AvgIpc) is 3.21. The van der Waals surface area contributed by atoms with Crippen molar-refractivity contribution in [1.29, 1.82) is 0 Å². The molecule has 3 aromatic carbocycles. The summed E-state index contributed by atoms with van der Waals surface area (Å²) in [5, 5.41) is 0.150. The first-order valence-corrected chi connectivity index (χ1v) is 11.9. The van der Waals surface area contributed by atoms with Crippen LogP contribution in [-0.2, 0) is 10.0 Å². The van der Waals surface area contributed by atoms with Gasteiger partial charge in [-0.05, 0) is 43.5 Å². The SMILES string of the molecule is CSc1c(Oc2ccc(F)c(N)c2)c(F)c(F)c2c1ccn2S(=O)(=O)c1ccc(C)cc1. The van der Waals surface area contributed by atoms with Crippen LogP contribution in [0.4, 0.5) is 18.9 Å². The summed E-state index contributed by atoms with van der Waals surface area (Å²) in [5.41, 5.74) is 5.73. The highest BCUT2D eigenvalue weighted by Gasteiger charge is 2.28. The summed E-state index contributed by atoms with van der Waals surface area (Å²) >= 11 is 1.05. The van der Waals surface area contributed by atoms with Crippen LogP contribution < -0.4 is 10.5 Å². The van der Waals surface area contributed by atoms with E-state index < -0.39 is 38.7 Å². The number of thioether (sulfide) groups is 1. The van der Waals surface area contributed by atoms with Gasteiger partial charge in [-0.2, -0.15) is 4.39 Å². The Balaban J connectivity index is 1.91. The summed E-state index contributed by atoms with van der Waals surface area (Å²) in [4.78, 5) is 0.118. The van der Waals surface area contributed by atoms with Gasteiger partial charge in [0.25, 0.3) is 10.0 Å². The first kappa shape index (κ1) is 22.1. The molecule has 0 saturated carbocycles. The Bertz CT molecular complexity index is 1450. The van der Waals surface area contributed by atoms with E-state index in [-0.39, 0.29) is 26.6 Å². The maximum atomic E-state index is 15.2. The van der Waals surface area contributed by atoms with E-state index in [2.05, 4.69) is 0 Å². The first-order chi connectivity index (χ1) is 15.1. The molecule has 2 N–H and O–H groups in total. The molecule has 1 aromatic heterocycles. The molecule has 166 valence electrons. The zero-order valence-corrected chi connectivity index (χ0v) is 18.5. The number of nitrogens with two attached hydrogens (primary N) is 1. The molecule has 0 fully saturated rings. The van der Waals surface area contributed by atoms with E-state index >= 15 is 8.78 Å². The van der Waals surface area contributed by atoms with Crippen LogP contribution in [0.3, 0.4) is 0 Å². The summed E-state index contributed by atoms with van der Waals surface area (Å²) in [6, 6.07) is 10.8. The highest BCUT2D eigenvalue weighted by Crippen LogP contribution is 2.43. The number of ether oxygens (including phenoxy) is 1. The van der Waals surface area contributed by atoms with E-state index in [1.165, 1.54) is 30.5 Å². The van der Waals surface area contributed by atoms with E-state index in [9.17, 15) is 12.8 Å². The predicted octanol–water partition coefficient (Wildman–Crippen LogP) is 5.70. The summed E-state index contributed by atoms with van der Waals surface area (Å²) in [6.45, 7) is 1.80. The zero-order valence-electron chi connectivity index (χ0n) is 16.9. The van der Waals surface area contributed by atoms with Gasteiger partial charge < -0.3 is 10.5 Å². The molecule has 0 spiro atoms. The molecule has 5 nitrogen and oxygen atoms in total. The van der Waals surface area contributed by atoms with Gasteiger partial charge in [-0.15, -0.1) is 11.8 Å². The fourth-order valence-corrected chi connectivity index (χ4v) is 5.31. The number of anilines is 1. The number of aryl methyl sites for hydroxylation is 1. The lowest BCUT2D eigenvalue weighted by molar-refractivity contribution is 0.409. The zero-order chi connectivity index (χ0) is 23.2. The Morgan fingerprint density at radius 1 is 1.00 bits per heavy atom. The topological polar surface area (TPSA) is 74.3 Å². The number of halogens is 3. The molecule has 0 radical (unpaired) electrons. The maximum absolute atomic E-state index is 15.2. The minimum absolute atomic E-state index is 0.00330. The first-order valence-electron chi connectivity index (χ1n) is 9.26. The standard InChI is InChI=1S/C22H17F3N2O3S2/c1-12-3-6-14(7-4-12)32(28,29)27-10-9-15-20(27)18(24)19(25)21(22(15)31-2)30-13-5-8-16(23)17(26)11-13/h3-11H,26H2,1-2H3. The van der Waals surface area contributed by atoms with Crippen molar-refractivity contribution < 1.29 is 26.3 Å². The minimum atomic E-state index is -4.18. The molecule has 10 heteroatoms. The van der Waals surface area contributed by atoms with Crippen LogP contribution in [-0.4, -0.2) is 18.6 Å². The van der Waals surface area contributed by atoms with Gasteiger partial charge >= 0.3 is 0 Å². The quantitative estimate of drug-likeness (QED) is 0.294. The average molecular weight is 479 g/mol. The Kier molecular flexibility index (Phi) is 5.59. The van der Waals surface area contributed by atoms with Gasteiger partial charge in [-0.3, -0.25) is 0 Å². The van der Waals surface area contributed by atoms with E-state index in [0.29, 0.717) is 3.97 Å². The second-order valence-corrected chi connectivity index (χ2v) is 9.60. The molecule has 0 atom stereocenters. The Morgan fingerprint density at radius 2 is 1.69 bits per heavy atom. The fourth-order valence-electron chi connectivity index (χ4n) is 3.26. The summed E-state index contributed by atoms with van der Waals surface area (Å²) in [7, 11) is -4.18. The van der Waals surface area contributed by atoms with E-state index in [0.717, 1.165) is 29.5 Å². The molecule has 32 heavy (non-hydrogen) atoms. The van der Waals surface area contributed by atoms with Crippen LogP contribution in [0.5, 0.6) is 11.5 Å². The van der Waals surface area contributed by atoms with Crippen LogP contribution in [0.1, 0.15) is 5.56 Å². The lowest BCUT2D eigenvalue weighted by Crippen LogP contribution is -2.13. The number of rotatable bonds is 5. The normalized spacial score (nSPS) is 11.8. The van der Waals surface area contributed by atoms with Crippen LogP contribution in [0, 0.1) is 24.4 Å². The van der Waals surface area contributed by atoms with Crippen molar-refractivity contribution in [2.24, 2.45) is 0 Å². The minimum Gasteiger partial charge on any atom is -0.453 e. The van der Waals surface area contributed by atoms with Gasteiger partial charge in [0.2, 0.25) is 5.82 Å². The summed E-state index contributed by atoms with van der Waals surface area (Å²) in [5.74, 6) is -3.88. The van der Waals surface area contributed by atoms with Gasteiger partial charge in [0, 0.05) is 17.6 Å². The molecule has 0 unspecified atom stereocenters. The highest BCUT2D eigenvalue weighted by atomic mass is 32.2.